The number of nitrogens with zero attached hydrogens (tertiary/aromatic N) is 2. The minimum atomic E-state index is -0.471. The third kappa shape index (κ3) is 10.5. The summed E-state index contributed by atoms with van der Waals surface area (Å²) in [7, 11) is 1.54. The van der Waals surface area contributed by atoms with Crippen LogP contribution in [0.1, 0.15) is 56.0 Å². The second-order valence-electron chi connectivity index (χ2n) is 12.9. The molecule has 3 aromatic carbocycles. The van der Waals surface area contributed by atoms with Gasteiger partial charge in [-0.3, -0.25) is 9.78 Å². The molecule has 4 amide bonds. The van der Waals surface area contributed by atoms with Crippen molar-refractivity contribution in [1.29, 1.82) is 0 Å². The predicted octanol–water partition coefficient (Wildman–Crippen LogP) is 8.25. The number of pyridine rings is 1. The molecule has 0 unspecified atom stereocenters. The van der Waals surface area contributed by atoms with Gasteiger partial charge in [0.05, 0.1) is 0 Å². The van der Waals surface area contributed by atoms with E-state index in [1.807, 2.05) is 37.8 Å². The summed E-state index contributed by atoms with van der Waals surface area (Å²) in [5, 5.41) is 8.17. The van der Waals surface area contributed by atoms with Gasteiger partial charge in [0.1, 0.15) is 34.2 Å². The van der Waals surface area contributed by atoms with Crippen LogP contribution in [-0.4, -0.2) is 53.7 Å². The van der Waals surface area contributed by atoms with Crippen LogP contribution in [0.4, 0.5) is 21.0 Å². The molecule has 5 rings (SSSR count). The van der Waals surface area contributed by atoms with Crippen LogP contribution in [0.3, 0.4) is 0 Å². The molecule has 0 saturated carbocycles. The normalized spacial score (nSPS) is 13.3. The Bertz CT molecular complexity index is 1710. The largest absolute Gasteiger partial charge is 0.457 e. The number of urea groups is 1. The first-order valence-electron chi connectivity index (χ1n) is 16.4. The third-order valence-corrected chi connectivity index (χ3v) is 7.97. The Labute approximate surface area is 287 Å². The molecule has 0 spiro atoms. The third-order valence-electron chi connectivity index (χ3n) is 7.97. The van der Waals surface area contributed by atoms with Gasteiger partial charge in [-0.2, -0.15) is 0 Å². The van der Waals surface area contributed by atoms with Crippen LogP contribution in [-0.2, 0) is 11.2 Å². The van der Waals surface area contributed by atoms with Crippen LogP contribution >= 0.6 is 0 Å². The zero-order valence-electron chi connectivity index (χ0n) is 28.3. The summed E-state index contributed by atoms with van der Waals surface area (Å²) in [6.07, 6.45) is 6.81. The summed E-state index contributed by atoms with van der Waals surface area (Å²) in [6.45, 7) is 7.17. The number of amides is 4. The molecule has 1 saturated heterocycles. The number of nitrogens with one attached hydrogen (secondary N) is 3. The first-order chi connectivity index (χ1) is 23.5. The van der Waals surface area contributed by atoms with E-state index < -0.39 is 11.6 Å². The molecule has 2 heterocycles. The van der Waals surface area contributed by atoms with E-state index in [0.717, 1.165) is 44.5 Å². The fourth-order valence-corrected chi connectivity index (χ4v) is 5.37. The first-order valence-corrected chi connectivity index (χ1v) is 16.4. The van der Waals surface area contributed by atoms with E-state index in [9.17, 15) is 14.4 Å². The van der Waals surface area contributed by atoms with Gasteiger partial charge in [0.15, 0.2) is 0 Å². The molecule has 3 N–H and O–H groups in total. The summed E-state index contributed by atoms with van der Waals surface area (Å²) in [4.78, 5) is 42.8. The maximum Gasteiger partial charge on any atom is 0.410 e. The lowest BCUT2D eigenvalue weighted by Crippen LogP contribution is -2.41. The smallest absolute Gasteiger partial charge is 0.410 e. The summed E-state index contributed by atoms with van der Waals surface area (Å²) in [5.74, 6) is 2.55. The Morgan fingerprint density at radius 1 is 0.796 bits per heavy atom. The number of hydrogen-bond acceptors (Lipinski definition) is 7. The van der Waals surface area contributed by atoms with Gasteiger partial charge < -0.3 is 35.1 Å². The van der Waals surface area contributed by atoms with E-state index in [4.69, 9.17) is 14.2 Å². The van der Waals surface area contributed by atoms with E-state index in [2.05, 4.69) is 33.1 Å². The van der Waals surface area contributed by atoms with Gasteiger partial charge >= 0.3 is 12.1 Å². The van der Waals surface area contributed by atoms with Crippen molar-refractivity contribution in [1.82, 2.24) is 15.2 Å². The molecule has 4 aromatic rings. The number of piperidine rings is 1. The van der Waals surface area contributed by atoms with Gasteiger partial charge in [-0.1, -0.05) is 12.1 Å². The predicted molar refractivity (Wildman–Crippen MR) is 189 cm³/mol. The lowest BCUT2D eigenvalue weighted by molar-refractivity contribution is 0.0181. The Balaban J connectivity index is 1.03. The lowest BCUT2D eigenvalue weighted by Gasteiger charge is -2.33. The lowest BCUT2D eigenvalue weighted by atomic mass is 9.90. The van der Waals surface area contributed by atoms with Crippen molar-refractivity contribution in [3.8, 4) is 23.0 Å². The molecule has 1 aromatic heterocycles. The Kier molecular flexibility index (Phi) is 11.4. The number of carbonyl (C=O) groups excluding carboxylic acids is 3. The van der Waals surface area contributed by atoms with E-state index in [1.54, 1.807) is 60.8 Å². The Morgan fingerprint density at radius 3 is 1.90 bits per heavy atom. The maximum atomic E-state index is 12.6. The standard InChI is InChI=1S/C38H43N5O6/c1-38(2,3)49-37(46)43-23-20-27(21-24-43)6-5-26-7-13-30(14-8-26)47-31-15-9-28(10-16-31)41-36(45)42-29-11-17-32(18-12-29)48-34-19-22-40-25-33(34)35(44)39-4/h7-19,22,25,27H,5-6,20-21,23-24H2,1-4H3,(H,39,44)(H2,41,42,45). The molecule has 1 aliphatic rings. The molecule has 0 radical (unpaired) electrons. The zero-order valence-corrected chi connectivity index (χ0v) is 28.3. The number of aryl methyl sites for hydroxylation is 1. The van der Waals surface area contributed by atoms with Gasteiger partial charge in [0, 0.05) is 43.9 Å². The van der Waals surface area contributed by atoms with Crippen molar-refractivity contribution in [3.63, 3.8) is 0 Å². The van der Waals surface area contributed by atoms with E-state index in [1.165, 1.54) is 18.8 Å². The van der Waals surface area contributed by atoms with E-state index >= 15 is 0 Å². The molecule has 11 nitrogen and oxygen atoms in total. The molecule has 0 bridgehead atoms. The number of rotatable bonds is 10. The Hall–Kier alpha value is -5.58. The number of ether oxygens (including phenoxy) is 3. The number of anilines is 2. The monoisotopic (exact) mass is 665 g/mol. The van der Waals surface area contributed by atoms with Gasteiger partial charge in [0.25, 0.3) is 5.91 Å². The molecule has 1 fully saturated rings. The van der Waals surface area contributed by atoms with Crippen LogP contribution in [0.15, 0.2) is 91.3 Å². The molecular weight excluding hydrogens is 622 g/mol. The fraction of sp³-hybridized carbons (Fsp3) is 0.316. The highest BCUT2D eigenvalue weighted by atomic mass is 16.6. The van der Waals surface area contributed by atoms with E-state index in [-0.39, 0.29) is 12.0 Å². The van der Waals surface area contributed by atoms with Crippen molar-refractivity contribution in [2.75, 3.05) is 30.8 Å². The first kappa shape index (κ1) is 34.7. The number of hydrogen-bond donors (Lipinski definition) is 3. The molecule has 0 aliphatic carbocycles. The number of carbonyl (C=O) groups is 3. The topological polar surface area (TPSA) is 131 Å². The van der Waals surface area contributed by atoms with Crippen molar-refractivity contribution >= 4 is 29.4 Å². The molecule has 0 atom stereocenters. The highest BCUT2D eigenvalue weighted by molar-refractivity contribution is 5.99. The number of aromatic nitrogens is 1. The highest BCUT2D eigenvalue weighted by Gasteiger charge is 2.26. The van der Waals surface area contributed by atoms with Crippen LogP contribution in [0.25, 0.3) is 0 Å². The summed E-state index contributed by atoms with van der Waals surface area (Å²) in [6, 6.07) is 23.3. The van der Waals surface area contributed by atoms with Crippen molar-refractivity contribution in [2.45, 2.75) is 52.1 Å². The van der Waals surface area contributed by atoms with Crippen LogP contribution in [0.5, 0.6) is 23.0 Å². The number of likely N-dealkylation sites (tertiary alicyclic amines) is 1. The quantitative estimate of drug-likeness (QED) is 0.155. The average Bonchev–Trinajstić information content (AvgIpc) is 3.09. The minimum absolute atomic E-state index is 0.217. The SMILES string of the molecule is CNC(=O)c1cnccc1Oc1ccc(NC(=O)Nc2ccc(Oc3ccc(CCC4CCN(C(=O)OC(C)(C)C)CC4)cc3)cc2)cc1. The van der Waals surface area contributed by atoms with Crippen LogP contribution in [0, 0.1) is 5.92 Å². The summed E-state index contributed by atoms with van der Waals surface area (Å²) in [5.41, 5.74) is 2.27. The molecular formula is C38H43N5O6. The van der Waals surface area contributed by atoms with Crippen molar-refractivity contribution in [3.05, 3.63) is 102 Å². The minimum Gasteiger partial charge on any atom is -0.457 e. The van der Waals surface area contributed by atoms with Gasteiger partial charge in [0.2, 0.25) is 0 Å². The molecule has 256 valence electrons. The fourth-order valence-electron chi connectivity index (χ4n) is 5.37. The van der Waals surface area contributed by atoms with Crippen molar-refractivity contribution in [2.24, 2.45) is 5.92 Å². The second kappa shape index (κ2) is 16.0. The maximum absolute atomic E-state index is 12.6. The summed E-state index contributed by atoms with van der Waals surface area (Å²) >= 11 is 0. The highest BCUT2D eigenvalue weighted by Crippen LogP contribution is 2.28. The van der Waals surface area contributed by atoms with Gasteiger partial charge in [-0.25, -0.2) is 9.59 Å². The number of benzene rings is 3. The molecule has 49 heavy (non-hydrogen) atoms. The Morgan fingerprint density at radius 2 is 1.35 bits per heavy atom. The van der Waals surface area contributed by atoms with Crippen LogP contribution < -0.4 is 25.4 Å². The van der Waals surface area contributed by atoms with E-state index in [0.29, 0.717) is 40.1 Å². The summed E-state index contributed by atoms with van der Waals surface area (Å²) < 4.78 is 17.4. The van der Waals surface area contributed by atoms with Gasteiger partial charge in [-0.05, 0) is 125 Å². The van der Waals surface area contributed by atoms with Crippen molar-refractivity contribution < 1.29 is 28.6 Å². The molecule has 1 aliphatic heterocycles. The van der Waals surface area contributed by atoms with Crippen LogP contribution in [0.2, 0.25) is 0 Å². The molecule has 11 heteroatoms. The average molecular weight is 666 g/mol. The van der Waals surface area contributed by atoms with Gasteiger partial charge in [-0.15, -0.1) is 0 Å². The second-order valence-corrected chi connectivity index (χ2v) is 12.9. The zero-order chi connectivity index (χ0) is 34.8.